The molecule has 0 saturated heterocycles. The Morgan fingerprint density at radius 2 is 2.04 bits per heavy atom. The number of hydrogen-bond donors (Lipinski definition) is 1. The Morgan fingerprint density at radius 1 is 1.31 bits per heavy atom. The number of halogens is 4. The first-order valence-electron chi connectivity index (χ1n) is 8.29. The smallest absolute Gasteiger partial charge is 0.280 e. The van der Waals surface area contributed by atoms with Crippen molar-refractivity contribution in [2.45, 2.75) is 44.1 Å². The lowest BCUT2D eigenvalue weighted by atomic mass is 9.81. The molecule has 0 radical (unpaired) electrons. The number of nitrogens with one attached hydrogen (secondary N) is 1. The molecule has 1 N–H and O–H groups in total. The molecule has 0 bridgehead atoms. The number of alkyl halides is 2. The molecular weight excluding hydrogens is 385 g/mol. The molecule has 140 valence electrons. The second-order valence-electron chi connectivity index (χ2n) is 6.39. The molecule has 2 aromatic heterocycles. The van der Waals surface area contributed by atoms with E-state index in [0.29, 0.717) is 15.7 Å². The van der Waals surface area contributed by atoms with Gasteiger partial charge in [-0.05, 0) is 18.9 Å². The SMILES string of the molecule is CN(C(=O)c1cn[nH]c1C(F)F)[C@@H]1CCCC[C@@H]1c1ncc(Cl)cc1Cl. The van der Waals surface area contributed by atoms with Crippen LogP contribution in [0.2, 0.25) is 10.0 Å². The maximum atomic E-state index is 13.1. The van der Waals surface area contributed by atoms with Crippen molar-refractivity contribution >= 4 is 29.1 Å². The van der Waals surface area contributed by atoms with Crippen LogP contribution in [0.15, 0.2) is 18.5 Å². The summed E-state index contributed by atoms with van der Waals surface area (Å²) in [5.74, 6) is -0.569. The number of likely N-dealkylation sites (N-methyl/N-ethyl adjacent to an activating group) is 1. The third kappa shape index (κ3) is 3.69. The number of H-pyrrole nitrogens is 1. The van der Waals surface area contributed by atoms with E-state index < -0.39 is 18.0 Å². The third-order valence-electron chi connectivity index (χ3n) is 4.85. The van der Waals surface area contributed by atoms with E-state index in [1.165, 1.54) is 11.1 Å². The molecule has 0 unspecified atom stereocenters. The van der Waals surface area contributed by atoms with Crippen LogP contribution in [0.4, 0.5) is 8.78 Å². The predicted octanol–water partition coefficient (Wildman–Crippen LogP) is 4.85. The third-order valence-corrected chi connectivity index (χ3v) is 5.36. The first kappa shape index (κ1) is 19.0. The van der Waals surface area contributed by atoms with Crippen LogP contribution in [-0.2, 0) is 0 Å². The van der Waals surface area contributed by atoms with Crippen LogP contribution in [0.3, 0.4) is 0 Å². The lowest BCUT2D eigenvalue weighted by Gasteiger charge is -2.38. The van der Waals surface area contributed by atoms with Crippen LogP contribution >= 0.6 is 23.2 Å². The van der Waals surface area contributed by atoms with Crippen molar-refractivity contribution < 1.29 is 13.6 Å². The Balaban J connectivity index is 1.89. The molecule has 9 heteroatoms. The fraction of sp³-hybridized carbons (Fsp3) is 0.471. The lowest BCUT2D eigenvalue weighted by Crippen LogP contribution is -2.43. The van der Waals surface area contributed by atoms with Crippen LogP contribution in [0, 0.1) is 0 Å². The molecule has 2 heterocycles. The van der Waals surface area contributed by atoms with E-state index in [1.54, 1.807) is 13.1 Å². The summed E-state index contributed by atoms with van der Waals surface area (Å²) in [6.07, 6.45) is 3.36. The zero-order chi connectivity index (χ0) is 18.8. The highest BCUT2D eigenvalue weighted by Gasteiger charge is 2.35. The quantitative estimate of drug-likeness (QED) is 0.794. The number of nitrogens with zero attached hydrogens (tertiary/aromatic N) is 3. The van der Waals surface area contributed by atoms with E-state index >= 15 is 0 Å². The van der Waals surface area contributed by atoms with Crippen molar-refractivity contribution in [3.63, 3.8) is 0 Å². The average Bonchev–Trinajstić information content (AvgIpc) is 3.10. The van der Waals surface area contributed by atoms with Gasteiger partial charge < -0.3 is 4.90 Å². The first-order valence-corrected chi connectivity index (χ1v) is 9.05. The molecule has 1 amide bonds. The first-order chi connectivity index (χ1) is 12.4. The van der Waals surface area contributed by atoms with Crippen LogP contribution in [0.1, 0.15) is 59.8 Å². The van der Waals surface area contributed by atoms with Crippen LogP contribution in [-0.4, -0.2) is 39.1 Å². The summed E-state index contributed by atoms with van der Waals surface area (Å²) in [6, 6.07) is 1.44. The molecule has 2 aromatic rings. The number of carbonyl (C=O) groups excluding carboxylic acids is 1. The van der Waals surface area contributed by atoms with E-state index in [0.717, 1.165) is 31.9 Å². The van der Waals surface area contributed by atoms with Gasteiger partial charge in [0.25, 0.3) is 12.3 Å². The van der Waals surface area contributed by atoms with E-state index in [9.17, 15) is 13.6 Å². The van der Waals surface area contributed by atoms with Crippen LogP contribution in [0.5, 0.6) is 0 Å². The molecule has 3 rings (SSSR count). The number of amides is 1. The van der Waals surface area contributed by atoms with Crippen molar-refractivity contribution in [1.82, 2.24) is 20.1 Å². The molecular formula is C17H18Cl2F2N4O. The Hall–Kier alpha value is -1.73. The number of pyridine rings is 1. The molecule has 5 nitrogen and oxygen atoms in total. The van der Waals surface area contributed by atoms with Crippen molar-refractivity contribution in [1.29, 1.82) is 0 Å². The van der Waals surface area contributed by atoms with Gasteiger partial charge >= 0.3 is 0 Å². The Labute approximate surface area is 159 Å². The minimum atomic E-state index is -2.79. The van der Waals surface area contributed by atoms with Crippen molar-refractivity contribution in [2.24, 2.45) is 0 Å². The summed E-state index contributed by atoms with van der Waals surface area (Å²) in [4.78, 5) is 18.7. The lowest BCUT2D eigenvalue weighted by molar-refractivity contribution is 0.0656. The highest BCUT2D eigenvalue weighted by atomic mass is 35.5. The number of aromatic nitrogens is 3. The van der Waals surface area contributed by atoms with Gasteiger partial charge in [0.2, 0.25) is 0 Å². The molecule has 0 spiro atoms. The van der Waals surface area contributed by atoms with Crippen molar-refractivity contribution in [3.8, 4) is 0 Å². The van der Waals surface area contributed by atoms with Gasteiger partial charge in [0.15, 0.2) is 0 Å². The minimum absolute atomic E-state index is 0.0793. The number of carbonyl (C=O) groups is 1. The molecule has 0 aliphatic heterocycles. The summed E-state index contributed by atoms with van der Waals surface area (Å²) < 4.78 is 26.2. The van der Waals surface area contributed by atoms with Gasteiger partial charge in [0.1, 0.15) is 5.69 Å². The van der Waals surface area contributed by atoms with Gasteiger partial charge in [-0.2, -0.15) is 5.10 Å². The molecule has 1 aliphatic rings. The normalized spacial score (nSPS) is 20.4. The fourth-order valence-electron chi connectivity index (χ4n) is 3.57. The number of hydrogen-bond acceptors (Lipinski definition) is 3. The van der Waals surface area contributed by atoms with Gasteiger partial charge in [0, 0.05) is 25.2 Å². The topological polar surface area (TPSA) is 61.9 Å². The number of aromatic amines is 1. The van der Waals surface area contributed by atoms with Crippen LogP contribution in [0.25, 0.3) is 0 Å². The second kappa shape index (κ2) is 7.88. The monoisotopic (exact) mass is 402 g/mol. The highest BCUT2D eigenvalue weighted by Crippen LogP contribution is 2.39. The van der Waals surface area contributed by atoms with Gasteiger partial charge in [-0.1, -0.05) is 36.0 Å². The summed E-state index contributed by atoms with van der Waals surface area (Å²) >= 11 is 12.2. The van der Waals surface area contributed by atoms with Crippen molar-refractivity contribution in [2.75, 3.05) is 7.05 Å². The Kier molecular flexibility index (Phi) is 5.77. The van der Waals surface area contributed by atoms with Crippen molar-refractivity contribution in [3.05, 3.63) is 45.5 Å². The fourth-order valence-corrected chi connectivity index (χ4v) is 4.09. The van der Waals surface area contributed by atoms with E-state index in [-0.39, 0.29) is 17.5 Å². The standard InChI is InChI=1S/C17H18Cl2F2N4O/c1-25(17(26)11-8-23-24-15(11)16(20)21)13-5-3-2-4-10(13)14-12(19)6-9(18)7-22-14/h6-8,10,13,16H,2-5H2,1H3,(H,23,24)/t10-,13+/m0/s1. The maximum absolute atomic E-state index is 13.1. The summed E-state index contributed by atoms with van der Waals surface area (Å²) in [5, 5.41) is 6.69. The molecule has 1 fully saturated rings. The summed E-state index contributed by atoms with van der Waals surface area (Å²) in [5.41, 5.74) is 0.112. The molecule has 0 aromatic carbocycles. The Bertz CT molecular complexity index is 799. The van der Waals surface area contributed by atoms with E-state index in [2.05, 4.69) is 15.2 Å². The zero-order valence-electron chi connectivity index (χ0n) is 14.1. The molecule has 1 saturated carbocycles. The van der Waals surface area contributed by atoms with Gasteiger partial charge in [-0.15, -0.1) is 0 Å². The summed E-state index contributed by atoms with van der Waals surface area (Å²) in [6.45, 7) is 0. The average molecular weight is 403 g/mol. The zero-order valence-corrected chi connectivity index (χ0v) is 15.6. The molecule has 2 atom stereocenters. The minimum Gasteiger partial charge on any atom is -0.338 e. The molecule has 1 aliphatic carbocycles. The van der Waals surface area contributed by atoms with Crippen LogP contribution < -0.4 is 0 Å². The van der Waals surface area contributed by atoms with Gasteiger partial charge in [-0.25, -0.2) is 8.78 Å². The van der Waals surface area contributed by atoms with Gasteiger partial charge in [-0.3, -0.25) is 14.9 Å². The number of rotatable bonds is 4. The van der Waals surface area contributed by atoms with E-state index in [4.69, 9.17) is 23.2 Å². The Morgan fingerprint density at radius 3 is 2.73 bits per heavy atom. The molecule has 26 heavy (non-hydrogen) atoms. The highest BCUT2D eigenvalue weighted by molar-refractivity contribution is 6.34. The van der Waals surface area contributed by atoms with E-state index in [1.807, 2.05) is 0 Å². The van der Waals surface area contributed by atoms with Gasteiger partial charge in [0.05, 0.1) is 27.5 Å². The maximum Gasteiger partial charge on any atom is 0.280 e. The second-order valence-corrected chi connectivity index (χ2v) is 7.24. The summed E-state index contributed by atoms with van der Waals surface area (Å²) in [7, 11) is 1.62. The largest absolute Gasteiger partial charge is 0.338 e. The predicted molar refractivity (Wildman–Crippen MR) is 94.9 cm³/mol.